The quantitative estimate of drug-likeness (QED) is 0.867. The van der Waals surface area contributed by atoms with Gasteiger partial charge in [0.25, 0.3) is 0 Å². The molecule has 2 rings (SSSR count). The summed E-state index contributed by atoms with van der Waals surface area (Å²) in [7, 11) is 0. The third-order valence-electron chi connectivity index (χ3n) is 3.71. The zero-order chi connectivity index (χ0) is 13.7. The van der Waals surface area contributed by atoms with Crippen molar-refractivity contribution in [2.75, 3.05) is 6.54 Å². The Morgan fingerprint density at radius 2 is 2.05 bits per heavy atom. The Kier molecular flexibility index (Phi) is 5.53. The Labute approximate surface area is 121 Å². The van der Waals surface area contributed by atoms with Crippen LogP contribution < -0.4 is 10.1 Å². The summed E-state index contributed by atoms with van der Waals surface area (Å²) in [6, 6.07) is 6.60. The monoisotopic (exact) mass is 281 g/mol. The summed E-state index contributed by atoms with van der Waals surface area (Å²) in [4.78, 5) is 0. The maximum Gasteiger partial charge on any atom is 0.138 e. The van der Waals surface area contributed by atoms with Crippen molar-refractivity contribution in [2.45, 2.75) is 58.1 Å². The molecule has 3 heteroatoms. The standard InChI is InChI=1S/C16H24ClNO/c1-12-8-9-16(15(17)10-12)19-13(2)11-18-14-6-4-3-5-7-14/h8-10,13-14,18H,3-7,11H2,1-2H3. The number of aryl methyl sites for hydroxylation is 1. The van der Waals surface area contributed by atoms with E-state index in [2.05, 4.69) is 12.2 Å². The third-order valence-corrected chi connectivity index (χ3v) is 4.01. The largest absolute Gasteiger partial charge is 0.488 e. The molecule has 1 aliphatic carbocycles. The second kappa shape index (κ2) is 7.16. The van der Waals surface area contributed by atoms with Crippen LogP contribution in [0.25, 0.3) is 0 Å². The molecule has 0 amide bonds. The van der Waals surface area contributed by atoms with Gasteiger partial charge in [-0.3, -0.25) is 0 Å². The molecule has 0 spiro atoms. The van der Waals surface area contributed by atoms with Gasteiger partial charge in [-0.05, 0) is 44.4 Å². The molecular formula is C16H24ClNO. The van der Waals surface area contributed by atoms with Gasteiger partial charge in [0.1, 0.15) is 11.9 Å². The van der Waals surface area contributed by atoms with E-state index < -0.39 is 0 Å². The fourth-order valence-electron chi connectivity index (χ4n) is 2.60. The van der Waals surface area contributed by atoms with Crippen molar-refractivity contribution >= 4 is 11.6 Å². The van der Waals surface area contributed by atoms with Crippen LogP contribution in [0.2, 0.25) is 5.02 Å². The lowest BCUT2D eigenvalue weighted by Gasteiger charge is -2.25. The van der Waals surface area contributed by atoms with E-state index in [0.29, 0.717) is 11.1 Å². The SMILES string of the molecule is Cc1ccc(OC(C)CNC2CCCCC2)c(Cl)c1. The molecule has 0 radical (unpaired) electrons. The van der Waals surface area contributed by atoms with Gasteiger partial charge < -0.3 is 10.1 Å². The van der Waals surface area contributed by atoms with Crippen LogP contribution in [0.4, 0.5) is 0 Å². The summed E-state index contributed by atoms with van der Waals surface area (Å²) < 4.78 is 5.90. The van der Waals surface area contributed by atoms with Crippen LogP contribution in [0, 0.1) is 6.92 Å². The first-order valence-electron chi connectivity index (χ1n) is 7.31. The van der Waals surface area contributed by atoms with E-state index in [1.165, 1.54) is 32.1 Å². The maximum atomic E-state index is 6.18. The number of nitrogens with one attached hydrogen (secondary N) is 1. The van der Waals surface area contributed by atoms with Crippen LogP contribution >= 0.6 is 11.6 Å². The molecule has 1 aromatic carbocycles. The normalized spacial score (nSPS) is 18.3. The van der Waals surface area contributed by atoms with Gasteiger partial charge in [0, 0.05) is 12.6 Å². The highest BCUT2D eigenvalue weighted by Crippen LogP contribution is 2.26. The number of rotatable bonds is 5. The van der Waals surface area contributed by atoms with Gasteiger partial charge in [-0.15, -0.1) is 0 Å². The van der Waals surface area contributed by atoms with Gasteiger partial charge >= 0.3 is 0 Å². The van der Waals surface area contributed by atoms with Crippen molar-refractivity contribution in [1.29, 1.82) is 0 Å². The predicted molar refractivity (Wildman–Crippen MR) is 81.2 cm³/mol. The summed E-state index contributed by atoms with van der Waals surface area (Å²) in [6.07, 6.45) is 6.86. The van der Waals surface area contributed by atoms with E-state index in [-0.39, 0.29) is 6.10 Å². The van der Waals surface area contributed by atoms with Crippen LogP contribution in [0.1, 0.15) is 44.6 Å². The van der Waals surface area contributed by atoms with E-state index in [1.807, 2.05) is 25.1 Å². The zero-order valence-electron chi connectivity index (χ0n) is 11.9. The topological polar surface area (TPSA) is 21.3 Å². The predicted octanol–water partition coefficient (Wildman–Crippen LogP) is 4.34. The molecule has 2 nitrogen and oxygen atoms in total. The number of halogens is 1. The smallest absolute Gasteiger partial charge is 0.138 e. The Hall–Kier alpha value is -0.730. The molecule has 1 aliphatic rings. The van der Waals surface area contributed by atoms with Crippen molar-refractivity contribution < 1.29 is 4.74 Å². The van der Waals surface area contributed by atoms with Gasteiger partial charge in [0.05, 0.1) is 5.02 Å². The van der Waals surface area contributed by atoms with E-state index in [1.54, 1.807) is 0 Å². The second-order valence-corrected chi connectivity index (χ2v) is 6.01. The Morgan fingerprint density at radius 1 is 1.32 bits per heavy atom. The minimum Gasteiger partial charge on any atom is -0.488 e. The van der Waals surface area contributed by atoms with Gasteiger partial charge in [0.15, 0.2) is 0 Å². The second-order valence-electron chi connectivity index (χ2n) is 5.61. The number of hydrogen-bond acceptors (Lipinski definition) is 2. The summed E-state index contributed by atoms with van der Waals surface area (Å²) in [6.45, 7) is 5.00. The van der Waals surface area contributed by atoms with E-state index in [4.69, 9.17) is 16.3 Å². The highest BCUT2D eigenvalue weighted by Gasteiger charge is 2.14. The van der Waals surface area contributed by atoms with Crippen LogP contribution in [-0.4, -0.2) is 18.7 Å². The molecule has 19 heavy (non-hydrogen) atoms. The highest BCUT2D eigenvalue weighted by atomic mass is 35.5. The highest BCUT2D eigenvalue weighted by molar-refractivity contribution is 6.32. The molecule has 0 aliphatic heterocycles. The van der Waals surface area contributed by atoms with Crippen LogP contribution in [0.3, 0.4) is 0 Å². The fraction of sp³-hybridized carbons (Fsp3) is 0.625. The number of ether oxygens (including phenoxy) is 1. The van der Waals surface area contributed by atoms with Crippen molar-refractivity contribution in [3.05, 3.63) is 28.8 Å². The Bertz CT molecular complexity index is 402. The molecule has 0 bridgehead atoms. The first-order chi connectivity index (χ1) is 9.15. The van der Waals surface area contributed by atoms with Crippen molar-refractivity contribution in [2.24, 2.45) is 0 Å². The van der Waals surface area contributed by atoms with E-state index >= 15 is 0 Å². The van der Waals surface area contributed by atoms with E-state index in [9.17, 15) is 0 Å². The van der Waals surface area contributed by atoms with Crippen molar-refractivity contribution in [3.8, 4) is 5.75 Å². The summed E-state index contributed by atoms with van der Waals surface area (Å²) in [5.41, 5.74) is 1.16. The van der Waals surface area contributed by atoms with Crippen LogP contribution in [0.15, 0.2) is 18.2 Å². The van der Waals surface area contributed by atoms with Crippen molar-refractivity contribution in [3.63, 3.8) is 0 Å². The maximum absolute atomic E-state index is 6.18. The van der Waals surface area contributed by atoms with Gasteiger partial charge in [0.2, 0.25) is 0 Å². The molecule has 1 unspecified atom stereocenters. The Morgan fingerprint density at radius 3 is 2.74 bits per heavy atom. The minimum absolute atomic E-state index is 0.141. The van der Waals surface area contributed by atoms with Crippen LogP contribution in [-0.2, 0) is 0 Å². The lowest BCUT2D eigenvalue weighted by Crippen LogP contribution is -2.37. The molecule has 1 saturated carbocycles. The first kappa shape index (κ1) is 14.7. The average molecular weight is 282 g/mol. The Balaban J connectivity index is 1.78. The van der Waals surface area contributed by atoms with E-state index in [0.717, 1.165) is 17.9 Å². The summed E-state index contributed by atoms with van der Waals surface area (Å²) in [5.74, 6) is 0.783. The molecule has 1 N–H and O–H groups in total. The average Bonchev–Trinajstić information content (AvgIpc) is 2.41. The van der Waals surface area contributed by atoms with Gasteiger partial charge in [-0.25, -0.2) is 0 Å². The van der Waals surface area contributed by atoms with Crippen molar-refractivity contribution in [1.82, 2.24) is 5.32 Å². The molecule has 1 fully saturated rings. The molecule has 1 atom stereocenters. The molecule has 0 aromatic heterocycles. The molecule has 0 saturated heterocycles. The molecule has 0 heterocycles. The zero-order valence-corrected chi connectivity index (χ0v) is 12.7. The lowest BCUT2D eigenvalue weighted by molar-refractivity contribution is 0.205. The molecular weight excluding hydrogens is 258 g/mol. The fourth-order valence-corrected chi connectivity index (χ4v) is 2.88. The third kappa shape index (κ3) is 4.70. The number of benzene rings is 1. The van der Waals surface area contributed by atoms with Crippen LogP contribution in [0.5, 0.6) is 5.75 Å². The minimum atomic E-state index is 0.141. The van der Waals surface area contributed by atoms with Gasteiger partial charge in [-0.1, -0.05) is 36.9 Å². The molecule has 106 valence electrons. The first-order valence-corrected chi connectivity index (χ1v) is 7.69. The van der Waals surface area contributed by atoms with Gasteiger partial charge in [-0.2, -0.15) is 0 Å². The summed E-state index contributed by atoms with van der Waals surface area (Å²) in [5, 5.41) is 4.30. The summed E-state index contributed by atoms with van der Waals surface area (Å²) >= 11 is 6.18. The molecule has 1 aromatic rings. The number of hydrogen-bond donors (Lipinski definition) is 1. The lowest BCUT2D eigenvalue weighted by atomic mass is 9.95.